The van der Waals surface area contributed by atoms with Crippen LogP contribution in [0, 0.1) is 11.3 Å². The second-order valence-corrected chi connectivity index (χ2v) is 16.7. The van der Waals surface area contributed by atoms with Crippen molar-refractivity contribution < 1.29 is 42.3 Å². The van der Waals surface area contributed by atoms with Crippen molar-refractivity contribution in [1.29, 1.82) is 0 Å². The van der Waals surface area contributed by atoms with Gasteiger partial charge in [-0.15, -0.1) is 0 Å². The normalized spacial score (nSPS) is 19.9. The topological polar surface area (TPSA) is 179 Å². The third kappa shape index (κ3) is 7.92. The summed E-state index contributed by atoms with van der Waals surface area (Å²) in [5.74, 6) is -2.39. The quantitative estimate of drug-likeness (QED) is 0.145. The van der Waals surface area contributed by atoms with Crippen molar-refractivity contribution in [2.75, 3.05) is 36.8 Å². The standard InChI is InChI=1S/C42H45F3N8O6/c1-40(2,59)27-20-32-25(19-30(27)49-36(55)29-7-4-8-33(48-29)42(43,44)45)23-47-52(32)18-17-51-15-12-41(13-16-51)21-24(22-41)11-14-46-28-6-3-5-26-35(28)39(58)53(38(26)57)31-9-10-34(54)50-37(31)56/h3-8,19-20,23-24,31,46,59H,9-18,21-22H2,1-2H3,(H,49,55)(H,50,54,56). The number of imide groups is 2. The zero-order valence-electron chi connectivity index (χ0n) is 32.7. The zero-order chi connectivity index (χ0) is 41.9. The number of nitrogens with one attached hydrogen (secondary N) is 3. The number of halogens is 3. The molecule has 8 rings (SSSR count). The predicted octanol–water partition coefficient (Wildman–Crippen LogP) is 5.33. The average molecular weight is 815 g/mol. The minimum absolute atomic E-state index is 0.0660. The van der Waals surface area contributed by atoms with Crippen LogP contribution in [0.3, 0.4) is 0 Å². The molecule has 0 radical (unpaired) electrons. The highest BCUT2D eigenvalue weighted by Crippen LogP contribution is 2.53. The highest BCUT2D eigenvalue weighted by atomic mass is 19.4. The van der Waals surface area contributed by atoms with Gasteiger partial charge in [0.05, 0.1) is 35.0 Å². The lowest BCUT2D eigenvalue weighted by Gasteiger charge is -2.52. The van der Waals surface area contributed by atoms with Crippen LogP contribution in [0.1, 0.15) is 101 Å². The number of anilines is 2. The van der Waals surface area contributed by atoms with E-state index in [0.717, 1.165) is 74.3 Å². The van der Waals surface area contributed by atoms with Gasteiger partial charge in [-0.25, -0.2) is 4.98 Å². The second kappa shape index (κ2) is 15.2. The lowest BCUT2D eigenvalue weighted by molar-refractivity contribution is -0.141. The molecule has 310 valence electrons. The minimum atomic E-state index is -4.70. The summed E-state index contributed by atoms with van der Waals surface area (Å²) in [5, 5.41) is 24.6. The number of alkyl halides is 3. The van der Waals surface area contributed by atoms with Gasteiger partial charge in [-0.2, -0.15) is 18.3 Å². The van der Waals surface area contributed by atoms with Crippen molar-refractivity contribution in [3.8, 4) is 0 Å². The van der Waals surface area contributed by atoms with E-state index < -0.39 is 58.7 Å². The van der Waals surface area contributed by atoms with Gasteiger partial charge >= 0.3 is 6.18 Å². The molecule has 2 aromatic heterocycles. The van der Waals surface area contributed by atoms with Crippen LogP contribution in [0.5, 0.6) is 0 Å². The van der Waals surface area contributed by atoms with E-state index in [2.05, 4.69) is 30.9 Å². The Balaban J connectivity index is 0.823. The van der Waals surface area contributed by atoms with E-state index in [1.165, 1.54) is 6.07 Å². The maximum Gasteiger partial charge on any atom is 0.433 e. The number of likely N-dealkylation sites (tertiary alicyclic amines) is 1. The van der Waals surface area contributed by atoms with Gasteiger partial charge in [0.25, 0.3) is 17.7 Å². The first-order chi connectivity index (χ1) is 28.0. The Kier molecular flexibility index (Phi) is 10.3. The number of carbonyl (C=O) groups is 5. The van der Waals surface area contributed by atoms with Gasteiger partial charge in [-0.1, -0.05) is 12.1 Å². The Morgan fingerprint density at radius 2 is 1.73 bits per heavy atom. The molecule has 17 heteroatoms. The van der Waals surface area contributed by atoms with Crippen LogP contribution in [0.4, 0.5) is 24.5 Å². The van der Waals surface area contributed by atoms with Crippen molar-refractivity contribution in [2.24, 2.45) is 11.3 Å². The molecule has 4 N–H and O–H groups in total. The summed E-state index contributed by atoms with van der Waals surface area (Å²) in [5.41, 5.74) is -0.184. The molecule has 4 aliphatic rings. The number of aromatic nitrogens is 3. The van der Waals surface area contributed by atoms with E-state index in [9.17, 15) is 42.3 Å². The van der Waals surface area contributed by atoms with Gasteiger partial charge in [0.2, 0.25) is 11.8 Å². The molecule has 1 unspecified atom stereocenters. The Labute approximate surface area is 337 Å². The molecular weight excluding hydrogens is 770 g/mol. The van der Waals surface area contributed by atoms with E-state index >= 15 is 0 Å². The number of pyridine rings is 1. The second-order valence-electron chi connectivity index (χ2n) is 16.7. The first kappa shape index (κ1) is 40.1. The molecular formula is C42H45F3N8O6. The molecule has 14 nitrogen and oxygen atoms in total. The molecule has 1 aliphatic carbocycles. The third-order valence-corrected chi connectivity index (χ3v) is 12.3. The number of piperidine rings is 2. The summed E-state index contributed by atoms with van der Waals surface area (Å²) in [6, 6.07) is 10.6. The van der Waals surface area contributed by atoms with Crippen molar-refractivity contribution in [1.82, 2.24) is 29.9 Å². The van der Waals surface area contributed by atoms with E-state index in [0.29, 0.717) is 41.1 Å². The number of rotatable bonds is 11. The molecule has 59 heavy (non-hydrogen) atoms. The number of amides is 5. The molecule has 2 aromatic carbocycles. The highest BCUT2D eigenvalue weighted by molar-refractivity contribution is 6.25. The molecule has 1 saturated carbocycles. The molecule has 0 bridgehead atoms. The van der Waals surface area contributed by atoms with Crippen LogP contribution >= 0.6 is 0 Å². The molecule has 3 fully saturated rings. The van der Waals surface area contributed by atoms with E-state index in [1.807, 2.05) is 4.68 Å². The number of hydrogen-bond acceptors (Lipinski definition) is 10. The van der Waals surface area contributed by atoms with Crippen LogP contribution in [0.2, 0.25) is 0 Å². The number of aliphatic hydroxyl groups is 1. The fourth-order valence-corrected chi connectivity index (χ4v) is 9.16. The van der Waals surface area contributed by atoms with Gasteiger partial charge in [-0.3, -0.25) is 38.9 Å². The van der Waals surface area contributed by atoms with Gasteiger partial charge in [-0.05, 0) is 113 Å². The summed E-state index contributed by atoms with van der Waals surface area (Å²) < 4.78 is 41.5. The minimum Gasteiger partial charge on any atom is -0.386 e. The molecule has 5 amide bonds. The van der Waals surface area contributed by atoms with Gasteiger partial charge in [0, 0.05) is 41.8 Å². The largest absolute Gasteiger partial charge is 0.433 e. The number of fused-ring (bicyclic) bond motifs is 2. The van der Waals surface area contributed by atoms with E-state index in [1.54, 1.807) is 50.4 Å². The lowest BCUT2D eigenvalue weighted by atomic mass is 9.57. The average Bonchev–Trinajstić information content (AvgIpc) is 3.69. The van der Waals surface area contributed by atoms with Crippen LogP contribution in [-0.4, -0.2) is 91.4 Å². The molecule has 1 spiro atoms. The number of nitrogens with zero attached hydrogens (tertiary/aromatic N) is 5. The first-order valence-corrected chi connectivity index (χ1v) is 19.9. The zero-order valence-corrected chi connectivity index (χ0v) is 32.7. The maximum absolute atomic E-state index is 13.4. The van der Waals surface area contributed by atoms with Gasteiger partial charge < -0.3 is 20.6 Å². The summed E-state index contributed by atoms with van der Waals surface area (Å²) in [6.45, 7) is 7.04. The molecule has 4 aromatic rings. The van der Waals surface area contributed by atoms with Gasteiger partial charge in [0.15, 0.2) is 0 Å². The third-order valence-electron chi connectivity index (χ3n) is 12.3. The van der Waals surface area contributed by atoms with E-state index in [-0.39, 0.29) is 29.7 Å². The number of hydrogen-bond donors (Lipinski definition) is 4. The Hall–Kier alpha value is -5.68. The fraction of sp³-hybridized carbons (Fsp3) is 0.452. The van der Waals surface area contributed by atoms with Crippen molar-refractivity contribution in [3.63, 3.8) is 0 Å². The summed E-state index contributed by atoms with van der Waals surface area (Å²) in [6.07, 6.45) is 2.48. The molecule has 3 aliphatic heterocycles. The Morgan fingerprint density at radius 3 is 2.44 bits per heavy atom. The van der Waals surface area contributed by atoms with Crippen molar-refractivity contribution in [3.05, 3.63) is 82.8 Å². The summed E-state index contributed by atoms with van der Waals surface area (Å²) in [7, 11) is 0. The molecule has 2 saturated heterocycles. The summed E-state index contributed by atoms with van der Waals surface area (Å²) >= 11 is 0. The van der Waals surface area contributed by atoms with Crippen molar-refractivity contribution >= 4 is 51.8 Å². The predicted molar refractivity (Wildman–Crippen MR) is 209 cm³/mol. The van der Waals surface area contributed by atoms with Crippen molar-refractivity contribution in [2.45, 2.75) is 83.2 Å². The van der Waals surface area contributed by atoms with Gasteiger partial charge in [0.1, 0.15) is 17.4 Å². The van der Waals surface area contributed by atoms with E-state index in [4.69, 9.17) is 0 Å². The number of carbonyl (C=O) groups excluding carboxylic acids is 5. The fourth-order valence-electron chi connectivity index (χ4n) is 9.16. The lowest BCUT2D eigenvalue weighted by Crippen LogP contribution is -2.54. The molecule has 1 atom stereocenters. The Bertz CT molecular complexity index is 2360. The highest BCUT2D eigenvalue weighted by Gasteiger charge is 2.47. The Morgan fingerprint density at radius 1 is 0.983 bits per heavy atom. The maximum atomic E-state index is 13.4. The molecule has 5 heterocycles. The number of benzene rings is 2. The summed E-state index contributed by atoms with van der Waals surface area (Å²) in [4.78, 5) is 70.6. The first-order valence-electron chi connectivity index (χ1n) is 19.9. The van der Waals surface area contributed by atoms with Crippen LogP contribution in [-0.2, 0) is 27.9 Å². The van der Waals surface area contributed by atoms with Crippen LogP contribution in [0.15, 0.2) is 54.7 Å². The smallest absolute Gasteiger partial charge is 0.386 e. The van der Waals surface area contributed by atoms with Crippen LogP contribution < -0.4 is 16.0 Å². The van der Waals surface area contributed by atoms with Crippen LogP contribution in [0.25, 0.3) is 10.9 Å². The SMILES string of the molecule is CC(C)(O)c1cc2c(cnn2CCN2CCC3(CC2)CC(CCNc2cccc4c2C(=O)N(C2CCC(=O)NC2=O)C4=O)C3)cc1NC(=O)c1cccc(C(F)(F)F)n1. The monoisotopic (exact) mass is 814 g/mol.